The summed E-state index contributed by atoms with van der Waals surface area (Å²) in [6.07, 6.45) is 0.784. The molecular weight excluding hydrogens is 239 g/mol. The zero-order chi connectivity index (χ0) is 13.5. The predicted octanol–water partition coefficient (Wildman–Crippen LogP) is 3.73. The summed E-state index contributed by atoms with van der Waals surface area (Å²) >= 11 is 0. The maximum absolute atomic E-state index is 12.9. The number of fused-ring (bicyclic) bond motifs is 1. The highest BCUT2D eigenvalue weighted by atomic mass is 19.4. The van der Waals surface area contributed by atoms with Crippen molar-refractivity contribution in [3.05, 3.63) is 41.0 Å². The standard InChI is InChI=1S/C14H10F3N/c1-3-11-12(14(15,16)17)5-4-9-7-10(18)6-8(2)13(9)11/h1,4-7H,18H2,2H3. The van der Waals surface area contributed by atoms with Gasteiger partial charge in [0, 0.05) is 16.6 Å². The van der Waals surface area contributed by atoms with Crippen LogP contribution in [-0.2, 0) is 6.18 Å². The van der Waals surface area contributed by atoms with Crippen LogP contribution in [0.3, 0.4) is 0 Å². The first-order chi connectivity index (χ1) is 8.34. The van der Waals surface area contributed by atoms with E-state index in [9.17, 15) is 13.2 Å². The molecule has 0 bridgehead atoms. The van der Waals surface area contributed by atoms with E-state index in [1.165, 1.54) is 6.07 Å². The number of benzene rings is 2. The van der Waals surface area contributed by atoms with E-state index in [1.54, 1.807) is 19.1 Å². The Balaban J connectivity index is 2.94. The van der Waals surface area contributed by atoms with Crippen LogP contribution in [0.4, 0.5) is 18.9 Å². The van der Waals surface area contributed by atoms with Gasteiger partial charge in [-0.2, -0.15) is 13.2 Å². The van der Waals surface area contributed by atoms with Crippen LogP contribution in [0, 0.1) is 19.3 Å². The molecule has 0 atom stereocenters. The van der Waals surface area contributed by atoms with Gasteiger partial charge in [0.15, 0.2) is 0 Å². The molecule has 0 aliphatic carbocycles. The van der Waals surface area contributed by atoms with Crippen molar-refractivity contribution in [2.24, 2.45) is 0 Å². The molecule has 0 aromatic heterocycles. The second kappa shape index (κ2) is 3.95. The largest absolute Gasteiger partial charge is 0.417 e. The third-order valence-corrected chi connectivity index (χ3v) is 2.79. The first-order valence-corrected chi connectivity index (χ1v) is 5.21. The van der Waals surface area contributed by atoms with Gasteiger partial charge in [0.25, 0.3) is 0 Å². The van der Waals surface area contributed by atoms with Gasteiger partial charge >= 0.3 is 6.18 Å². The lowest BCUT2D eigenvalue weighted by molar-refractivity contribution is -0.137. The summed E-state index contributed by atoms with van der Waals surface area (Å²) in [6, 6.07) is 5.62. The highest BCUT2D eigenvalue weighted by Crippen LogP contribution is 2.36. The summed E-state index contributed by atoms with van der Waals surface area (Å²) in [5.74, 6) is 2.14. The van der Waals surface area contributed by atoms with Gasteiger partial charge in [-0.05, 0) is 36.1 Å². The molecule has 0 aliphatic rings. The van der Waals surface area contributed by atoms with Crippen molar-refractivity contribution in [2.45, 2.75) is 13.1 Å². The van der Waals surface area contributed by atoms with Crippen LogP contribution in [0.15, 0.2) is 24.3 Å². The molecule has 0 aliphatic heterocycles. The SMILES string of the molecule is C#Cc1c(C(F)(F)F)ccc2cc(N)cc(C)c12. The molecule has 2 aromatic carbocycles. The molecule has 1 nitrogen and oxygen atoms in total. The molecule has 0 amide bonds. The Morgan fingerprint density at radius 1 is 1.22 bits per heavy atom. The maximum Gasteiger partial charge on any atom is 0.417 e. The van der Waals surface area contributed by atoms with Crippen LogP contribution in [-0.4, -0.2) is 0 Å². The van der Waals surface area contributed by atoms with Crippen LogP contribution in [0.5, 0.6) is 0 Å². The molecule has 0 saturated heterocycles. The summed E-state index contributed by atoms with van der Waals surface area (Å²) in [7, 11) is 0. The number of anilines is 1. The Kier molecular flexibility index (Phi) is 2.70. The molecule has 18 heavy (non-hydrogen) atoms. The Bertz CT molecular complexity index is 663. The zero-order valence-electron chi connectivity index (χ0n) is 9.60. The number of halogens is 3. The smallest absolute Gasteiger partial charge is 0.399 e. The van der Waals surface area contributed by atoms with E-state index in [-0.39, 0.29) is 5.56 Å². The van der Waals surface area contributed by atoms with Gasteiger partial charge in [-0.1, -0.05) is 12.0 Å². The van der Waals surface area contributed by atoms with Crippen molar-refractivity contribution < 1.29 is 13.2 Å². The van der Waals surface area contributed by atoms with E-state index < -0.39 is 11.7 Å². The average Bonchev–Trinajstić information content (AvgIpc) is 2.25. The first-order valence-electron chi connectivity index (χ1n) is 5.21. The van der Waals surface area contributed by atoms with Crippen molar-refractivity contribution in [3.8, 4) is 12.3 Å². The normalized spacial score (nSPS) is 11.5. The summed E-state index contributed by atoms with van der Waals surface area (Å²) in [4.78, 5) is 0. The Morgan fingerprint density at radius 3 is 2.44 bits per heavy atom. The van der Waals surface area contributed by atoms with E-state index in [4.69, 9.17) is 12.2 Å². The van der Waals surface area contributed by atoms with Crippen LogP contribution in [0.1, 0.15) is 16.7 Å². The minimum Gasteiger partial charge on any atom is -0.399 e. The fraction of sp³-hybridized carbons (Fsp3) is 0.143. The number of terminal acetylenes is 1. The number of aryl methyl sites for hydroxylation is 1. The van der Waals surface area contributed by atoms with E-state index in [0.29, 0.717) is 22.0 Å². The van der Waals surface area contributed by atoms with Crippen LogP contribution >= 0.6 is 0 Å². The molecule has 2 rings (SSSR count). The minimum atomic E-state index is -4.45. The van der Waals surface area contributed by atoms with Crippen molar-refractivity contribution in [3.63, 3.8) is 0 Å². The second-order valence-corrected chi connectivity index (χ2v) is 4.07. The quantitative estimate of drug-likeness (QED) is 0.558. The molecular formula is C14H10F3N. The summed E-state index contributed by atoms with van der Waals surface area (Å²) in [5, 5.41) is 1.05. The van der Waals surface area contributed by atoms with E-state index >= 15 is 0 Å². The molecule has 0 unspecified atom stereocenters. The molecule has 0 saturated carbocycles. The summed E-state index contributed by atoms with van der Waals surface area (Å²) < 4.78 is 38.6. The van der Waals surface area contributed by atoms with Crippen molar-refractivity contribution in [1.82, 2.24) is 0 Å². The Hall–Kier alpha value is -2.15. The van der Waals surface area contributed by atoms with Crippen LogP contribution in [0.25, 0.3) is 10.8 Å². The zero-order valence-corrected chi connectivity index (χ0v) is 9.60. The Labute approximate surface area is 102 Å². The maximum atomic E-state index is 12.9. The van der Waals surface area contributed by atoms with E-state index in [2.05, 4.69) is 5.92 Å². The monoisotopic (exact) mass is 249 g/mol. The molecule has 0 fully saturated rings. The lowest BCUT2D eigenvalue weighted by atomic mass is 9.95. The van der Waals surface area contributed by atoms with Crippen molar-refractivity contribution in [2.75, 3.05) is 5.73 Å². The number of hydrogen-bond acceptors (Lipinski definition) is 1. The van der Waals surface area contributed by atoms with Gasteiger partial charge in [-0.15, -0.1) is 6.42 Å². The molecule has 4 heteroatoms. The third kappa shape index (κ3) is 1.88. The number of nitrogens with two attached hydrogens (primary N) is 1. The molecule has 2 N–H and O–H groups in total. The number of hydrogen-bond donors (Lipinski definition) is 1. The average molecular weight is 249 g/mol. The highest BCUT2D eigenvalue weighted by molar-refractivity contribution is 5.94. The van der Waals surface area contributed by atoms with Gasteiger partial charge in [-0.25, -0.2) is 0 Å². The lowest BCUT2D eigenvalue weighted by Crippen LogP contribution is -2.08. The van der Waals surface area contributed by atoms with Gasteiger partial charge in [0.1, 0.15) is 0 Å². The topological polar surface area (TPSA) is 26.0 Å². The van der Waals surface area contributed by atoms with Gasteiger partial charge < -0.3 is 5.73 Å². The minimum absolute atomic E-state index is 0.127. The van der Waals surface area contributed by atoms with Crippen molar-refractivity contribution in [1.29, 1.82) is 0 Å². The number of rotatable bonds is 0. The van der Waals surface area contributed by atoms with Gasteiger partial charge in [0.05, 0.1) is 5.56 Å². The van der Waals surface area contributed by atoms with E-state index in [0.717, 1.165) is 6.07 Å². The van der Waals surface area contributed by atoms with Crippen LogP contribution < -0.4 is 5.73 Å². The van der Waals surface area contributed by atoms with E-state index in [1.807, 2.05) is 0 Å². The van der Waals surface area contributed by atoms with Gasteiger partial charge in [-0.3, -0.25) is 0 Å². The second-order valence-electron chi connectivity index (χ2n) is 4.07. The number of alkyl halides is 3. The molecule has 0 spiro atoms. The molecule has 2 aromatic rings. The predicted molar refractivity (Wildman–Crippen MR) is 66.0 cm³/mol. The first kappa shape index (κ1) is 12.3. The summed E-state index contributed by atoms with van der Waals surface area (Å²) in [6.45, 7) is 1.69. The highest BCUT2D eigenvalue weighted by Gasteiger charge is 2.33. The number of nitrogen functional groups attached to an aromatic ring is 1. The molecule has 0 radical (unpaired) electrons. The van der Waals surface area contributed by atoms with Crippen LogP contribution in [0.2, 0.25) is 0 Å². The van der Waals surface area contributed by atoms with Crippen molar-refractivity contribution >= 4 is 16.5 Å². The molecule has 0 heterocycles. The molecule has 92 valence electrons. The Morgan fingerprint density at radius 2 is 1.89 bits per heavy atom. The van der Waals surface area contributed by atoms with Gasteiger partial charge in [0.2, 0.25) is 0 Å². The fourth-order valence-corrected chi connectivity index (χ4v) is 2.09. The fourth-order valence-electron chi connectivity index (χ4n) is 2.09. The lowest BCUT2D eigenvalue weighted by Gasteiger charge is -2.13. The third-order valence-electron chi connectivity index (χ3n) is 2.79. The summed E-state index contributed by atoms with van der Waals surface area (Å²) in [5.41, 5.74) is 5.90.